The predicted octanol–water partition coefficient (Wildman–Crippen LogP) is 7.71. The van der Waals surface area contributed by atoms with Gasteiger partial charge in [-0.1, -0.05) is 97.4 Å². The molecule has 0 fully saturated rings. The van der Waals surface area contributed by atoms with E-state index in [-0.39, 0.29) is 22.0 Å². The zero-order valence-corrected chi connectivity index (χ0v) is 20.6. The van der Waals surface area contributed by atoms with E-state index in [9.17, 15) is 4.79 Å². The van der Waals surface area contributed by atoms with Crippen LogP contribution in [0.4, 0.5) is 0 Å². The fourth-order valence-electron chi connectivity index (χ4n) is 5.90. The van der Waals surface area contributed by atoms with Gasteiger partial charge >= 0.3 is 0 Å². The molecule has 0 unspecified atom stereocenters. The largest absolute Gasteiger partial charge is 0.289 e. The molecule has 0 bridgehead atoms. The third-order valence-electron chi connectivity index (χ3n) is 8.15. The zero-order valence-electron chi connectivity index (χ0n) is 19.8. The first-order chi connectivity index (χ1) is 14.2. The van der Waals surface area contributed by atoms with Gasteiger partial charge in [0.05, 0.1) is 0 Å². The number of rotatable bonds is 0. The van der Waals surface area contributed by atoms with E-state index >= 15 is 0 Å². The minimum Gasteiger partial charge on any atom is -0.289 e. The van der Waals surface area contributed by atoms with Crippen LogP contribution in [0.1, 0.15) is 55.4 Å². The highest BCUT2D eigenvalue weighted by Gasteiger charge is 2.61. The topological polar surface area (TPSA) is 17.1 Å². The molecule has 0 radical (unpaired) electrons. The van der Waals surface area contributed by atoms with Crippen molar-refractivity contribution in [2.75, 3.05) is 0 Å². The summed E-state index contributed by atoms with van der Waals surface area (Å²) in [6.07, 6.45) is 15.2. The molecule has 2 heteroatoms. The first kappa shape index (κ1) is 20.8. The van der Waals surface area contributed by atoms with Gasteiger partial charge in [-0.2, -0.15) is 0 Å². The normalized spacial score (nSPS) is 31.6. The first-order valence-corrected chi connectivity index (χ1v) is 11.6. The molecular formula is C29H31ClO. The van der Waals surface area contributed by atoms with Crippen molar-refractivity contribution < 1.29 is 4.79 Å². The Labute approximate surface area is 191 Å². The van der Waals surface area contributed by atoms with Crippen LogP contribution >= 0.6 is 11.6 Å². The summed E-state index contributed by atoms with van der Waals surface area (Å²) in [6, 6.07) is 0. The second-order valence-corrected chi connectivity index (χ2v) is 12.3. The molecule has 0 aliphatic heterocycles. The number of allylic oxidation sites excluding steroid dienone is 16. The lowest BCUT2D eigenvalue weighted by Gasteiger charge is -2.59. The average Bonchev–Trinajstić information content (AvgIpc) is 3.01. The van der Waals surface area contributed by atoms with E-state index in [1.54, 1.807) is 6.08 Å². The highest BCUT2D eigenvalue weighted by molar-refractivity contribution is 6.33. The third-order valence-corrected chi connectivity index (χ3v) is 8.46. The molecule has 0 aromatic carbocycles. The Balaban J connectivity index is 1.97. The quantitative estimate of drug-likeness (QED) is 0.384. The van der Waals surface area contributed by atoms with Gasteiger partial charge in [0.25, 0.3) is 0 Å². The molecule has 0 spiro atoms. The Bertz CT molecular complexity index is 1220. The van der Waals surface area contributed by atoms with Gasteiger partial charge in [0, 0.05) is 21.4 Å². The van der Waals surface area contributed by atoms with E-state index < -0.39 is 5.41 Å². The molecule has 160 valence electrons. The summed E-state index contributed by atoms with van der Waals surface area (Å²) in [4.78, 5) is 13.2. The van der Waals surface area contributed by atoms with Crippen molar-refractivity contribution in [1.29, 1.82) is 0 Å². The van der Waals surface area contributed by atoms with E-state index in [4.69, 9.17) is 11.6 Å². The maximum absolute atomic E-state index is 13.2. The summed E-state index contributed by atoms with van der Waals surface area (Å²) < 4.78 is 0. The number of hydrogen-bond acceptors (Lipinski definition) is 1. The summed E-state index contributed by atoms with van der Waals surface area (Å²) in [5, 5.41) is 0.788. The summed E-state index contributed by atoms with van der Waals surface area (Å²) in [5.74, 6) is 0.110. The number of carbonyl (C=O) groups is 1. The average molecular weight is 431 g/mol. The SMILES string of the molecule is CC(C)(C)C1=CC2=C3C=CC(=O)C3=C3C=C(C(C)(C)C)C=C4C(Cl)=CC(=C1)[C@@]2(C)[C@]43C. The van der Waals surface area contributed by atoms with E-state index in [1.165, 1.54) is 22.3 Å². The van der Waals surface area contributed by atoms with Crippen molar-refractivity contribution >= 4 is 17.4 Å². The number of hydrogen-bond donors (Lipinski definition) is 0. The molecule has 5 aliphatic carbocycles. The predicted molar refractivity (Wildman–Crippen MR) is 130 cm³/mol. The smallest absolute Gasteiger partial charge is 0.186 e. The lowest BCUT2D eigenvalue weighted by atomic mass is 9.44. The van der Waals surface area contributed by atoms with Gasteiger partial charge in [-0.25, -0.2) is 0 Å². The second-order valence-electron chi connectivity index (χ2n) is 11.9. The molecule has 0 saturated heterocycles. The summed E-state index contributed by atoms with van der Waals surface area (Å²) in [5.41, 5.74) is 8.46. The number of fused-ring (bicyclic) bond motifs is 1. The lowest BCUT2D eigenvalue weighted by molar-refractivity contribution is -0.111. The molecule has 0 aromatic heterocycles. The van der Waals surface area contributed by atoms with Gasteiger partial charge in [-0.3, -0.25) is 4.79 Å². The zero-order chi connectivity index (χ0) is 22.7. The molecule has 2 atom stereocenters. The molecule has 0 aromatic rings. The summed E-state index contributed by atoms with van der Waals surface area (Å²) >= 11 is 7.02. The monoisotopic (exact) mass is 430 g/mol. The van der Waals surface area contributed by atoms with Crippen LogP contribution in [0.2, 0.25) is 0 Å². The number of carbonyl (C=O) groups excluding carboxylic acids is 1. The van der Waals surface area contributed by atoms with E-state index in [2.05, 4.69) is 85.8 Å². The van der Waals surface area contributed by atoms with E-state index in [0.717, 1.165) is 27.3 Å². The van der Waals surface area contributed by atoms with Crippen LogP contribution in [0.5, 0.6) is 0 Å². The van der Waals surface area contributed by atoms with Crippen molar-refractivity contribution in [3.63, 3.8) is 0 Å². The molecule has 0 saturated carbocycles. The Morgan fingerprint density at radius 3 is 1.94 bits per heavy atom. The molecule has 5 rings (SSSR count). The highest BCUT2D eigenvalue weighted by Crippen LogP contribution is 2.70. The van der Waals surface area contributed by atoms with Crippen molar-refractivity contribution in [1.82, 2.24) is 0 Å². The molecular weight excluding hydrogens is 400 g/mol. The minimum absolute atomic E-state index is 0.00157. The molecule has 31 heavy (non-hydrogen) atoms. The van der Waals surface area contributed by atoms with Crippen molar-refractivity contribution in [3.8, 4) is 0 Å². The Hall–Kier alpha value is -2.12. The van der Waals surface area contributed by atoms with Crippen LogP contribution in [0.15, 0.2) is 92.1 Å². The van der Waals surface area contributed by atoms with Crippen LogP contribution in [-0.4, -0.2) is 5.78 Å². The van der Waals surface area contributed by atoms with Crippen LogP contribution in [0, 0.1) is 21.7 Å². The van der Waals surface area contributed by atoms with Crippen LogP contribution in [0.3, 0.4) is 0 Å². The van der Waals surface area contributed by atoms with Gasteiger partial charge in [-0.15, -0.1) is 0 Å². The molecule has 1 nitrogen and oxygen atoms in total. The van der Waals surface area contributed by atoms with Gasteiger partial charge in [0.2, 0.25) is 0 Å². The molecule has 0 N–H and O–H groups in total. The van der Waals surface area contributed by atoms with Gasteiger partial charge in [-0.05, 0) is 62.0 Å². The Kier molecular flexibility index (Phi) is 3.89. The Morgan fingerprint density at radius 2 is 1.32 bits per heavy atom. The maximum atomic E-state index is 13.2. The van der Waals surface area contributed by atoms with Crippen LogP contribution in [0.25, 0.3) is 0 Å². The van der Waals surface area contributed by atoms with Gasteiger partial charge in [0.1, 0.15) is 0 Å². The number of halogens is 1. The minimum atomic E-state index is -0.394. The van der Waals surface area contributed by atoms with Gasteiger partial charge in [0.15, 0.2) is 5.78 Å². The summed E-state index contributed by atoms with van der Waals surface area (Å²) in [6.45, 7) is 18.0. The second kappa shape index (κ2) is 5.81. The lowest BCUT2D eigenvalue weighted by Crippen LogP contribution is -2.50. The number of ketones is 1. The van der Waals surface area contributed by atoms with Crippen molar-refractivity contribution in [3.05, 3.63) is 92.1 Å². The van der Waals surface area contributed by atoms with E-state index in [1.807, 2.05) is 6.08 Å². The fraction of sp³-hybridized carbons (Fsp3) is 0.414. The van der Waals surface area contributed by atoms with Gasteiger partial charge < -0.3 is 0 Å². The Morgan fingerprint density at radius 1 is 0.742 bits per heavy atom. The molecule has 0 amide bonds. The molecule has 0 heterocycles. The molecule has 5 aliphatic rings. The van der Waals surface area contributed by atoms with Crippen molar-refractivity contribution in [2.45, 2.75) is 55.4 Å². The first-order valence-electron chi connectivity index (χ1n) is 11.2. The van der Waals surface area contributed by atoms with Crippen LogP contribution < -0.4 is 0 Å². The summed E-state index contributed by atoms with van der Waals surface area (Å²) in [7, 11) is 0. The standard InChI is InChI=1S/C29H31ClO/c1-26(2,3)16-11-18-15-23(30)21-13-17(27(4,5)6)14-22-25-19(9-10-24(25)31)20(12-16)28(18,7)29(21,22)8/h9-15H,1-8H3/t28-,29-/m1/s1. The highest BCUT2D eigenvalue weighted by atomic mass is 35.5. The van der Waals surface area contributed by atoms with Crippen LogP contribution in [-0.2, 0) is 4.79 Å². The fourth-order valence-corrected chi connectivity index (χ4v) is 6.26. The third kappa shape index (κ3) is 2.42. The maximum Gasteiger partial charge on any atom is 0.186 e. The van der Waals surface area contributed by atoms with E-state index in [0.29, 0.717) is 0 Å². The van der Waals surface area contributed by atoms with Crippen molar-refractivity contribution in [2.24, 2.45) is 21.7 Å².